The zero-order valence-corrected chi connectivity index (χ0v) is 14.0. The van der Waals surface area contributed by atoms with Gasteiger partial charge in [-0.05, 0) is 30.4 Å². The van der Waals surface area contributed by atoms with Gasteiger partial charge in [-0.1, -0.05) is 19.0 Å². The summed E-state index contributed by atoms with van der Waals surface area (Å²) in [5.41, 5.74) is 0.778. The van der Waals surface area contributed by atoms with Crippen LogP contribution in [0.2, 0.25) is 0 Å². The molecule has 0 bridgehead atoms. The summed E-state index contributed by atoms with van der Waals surface area (Å²) in [6.07, 6.45) is 4.52. The van der Waals surface area contributed by atoms with Crippen molar-refractivity contribution in [1.29, 1.82) is 0 Å². The van der Waals surface area contributed by atoms with Crippen LogP contribution in [-0.2, 0) is 16.1 Å². The maximum atomic E-state index is 12.2. The topological polar surface area (TPSA) is 81.4 Å². The van der Waals surface area contributed by atoms with Crippen molar-refractivity contribution in [3.8, 4) is 11.4 Å². The van der Waals surface area contributed by atoms with Crippen molar-refractivity contribution in [1.82, 2.24) is 20.0 Å². The van der Waals surface area contributed by atoms with E-state index < -0.39 is 0 Å². The molecule has 0 saturated carbocycles. The van der Waals surface area contributed by atoms with Gasteiger partial charge in [-0.15, -0.1) is 0 Å². The number of aromatic nitrogens is 3. The van der Waals surface area contributed by atoms with Gasteiger partial charge >= 0.3 is 0 Å². The molecular formula is C17H22N4O3. The van der Waals surface area contributed by atoms with Crippen LogP contribution in [0.5, 0.6) is 0 Å². The number of carbonyl (C=O) groups excluding carboxylic acids is 1. The molecule has 0 spiro atoms. The van der Waals surface area contributed by atoms with Gasteiger partial charge in [0.25, 0.3) is 5.89 Å². The first-order valence-electron chi connectivity index (χ1n) is 8.20. The van der Waals surface area contributed by atoms with Crippen molar-refractivity contribution in [2.24, 2.45) is 11.8 Å². The highest BCUT2D eigenvalue weighted by Crippen LogP contribution is 2.21. The van der Waals surface area contributed by atoms with E-state index in [2.05, 4.69) is 29.0 Å². The van der Waals surface area contributed by atoms with Gasteiger partial charge in [0.05, 0.1) is 0 Å². The summed E-state index contributed by atoms with van der Waals surface area (Å²) in [5.74, 6) is 1.90. The molecule has 2 atom stereocenters. The second-order valence-corrected chi connectivity index (χ2v) is 6.49. The van der Waals surface area contributed by atoms with Crippen molar-refractivity contribution in [2.75, 3.05) is 19.7 Å². The molecule has 1 saturated heterocycles. The van der Waals surface area contributed by atoms with E-state index in [4.69, 9.17) is 9.26 Å². The van der Waals surface area contributed by atoms with Gasteiger partial charge in [0.2, 0.25) is 11.7 Å². The van der Waals surface area contributed by atoms with Crippen LogP contribution < -0.4 is 0 Å². The molecule has 3 rings (SSSR count). The number of nitrogens with zero attached hydrogens (tertiary/aromatic N) is 4. The van der Waals surface area contributed by atoms with Crippen molar-refractivity contribution in [3.63, 3.8) is 0 Å². The molecular weight excluding hydrogens is 308 g/mol. The van der Waals surface area contributed by atoms with E-state index in [1.165, 1.54) is 6.42 Å². The SMILES string of the molecule is C[C@@H]1C[C@H](C)CN(C(=O)COCc2nc(-c3cccnc3)no2)C1. The van der Waals surface area contributed by atoms with E-state index in [0.717, 1.165) is 18.7 Å². The Kier molecular flexibility index (Phi) is 5.20. The normalized spacial score (nSPS) is 21.0. The molecule has 0 radical (unpaired) electrons. The van der Waals surface area contributed by atoms with E-state index in [1.807, 2.05) is 11.0 Å². The Hall–Kier alpha value is -2.28. The lowest BCUT2D eigenvalue weighted by molar-refractivity contribution is -0.139. The summed E-state index contributed by atoms with van der Waals surface area (Å²) in [6.45, 7) is 6.11. The number of carbonyl (C=O) groups is 1. The van der Waals surface area contributed by atoms with Gasteiger partial charge in [-0.25, -0.2) is 0 Å². The number of likely N-dealkylation sites (tertiary alicyclic amines) is 1. The number of ether oxygens (including phenoxy) is 1. The van der Waals surface area contributed by atoms with Crippen molar-refractivity contribution < 1.29 is 14.1 Å². The van der Waals surface area contributed by atoms with E-state index in [-0.39, 0.29) is 19.1 Å². The molecule has 7 heteroatoms. The van der Waals surface area contributed by atoms with E-state index >= 15 is 0 Å². The number of hydrogen-bond acceptors (Lipinski definition) is 6. The van der Waals surface area contributed by atoms with Gasteiger partial charge in [-0.2, -0.15) is 4.98 Å². The molecule has 1 amide bonds. The zero-order valence-electron chi connectivity index (χ0n) is 14.0. The van der Waals surface area contributed by atoms with E-state index in [1.54, 1.807) is 18.5 Å². The Balaban J connectivity index is 1.48. The Labute approximate surface area is 141 Å². The summed E-state index contributed by atoms with van der Waals surface area (Å²) in [4.78, 5) is 22.4. The van der Waals surface area contributed by atoms with E-state index in [9.17, 15) is 4.79 Å². The summed E-state index contributed by atoms with van der Waals surface area (Å²) < 4.78 is 10.6. The molecule has 3 heterocycles. The van der Waals surface area contributed by atoms with Crippen LogP contribution >= 0.6 is 0 Å². The minimum atomic E-state index is 0.0143. The molecule has 1 aliphatic heterocycles. The number of amides is 1. The monoisotopic (exact) mass is 330 g/mol. The number of rotatable bonds is 5. The predicted molar refractivity (Wildman–Crippen MR) is 86.7 cm³/mol. The highest BCUT2D eigenvalue weighted by Gasteiger charge is 2.25. The average molecular weight is 330 g/mol. The minimum Gasteiger partial charge on any atom is -0.362 e. The number of pyridine rings is 1. The fourth-order valence-corrected chi connectivity index (χ4v) is 3.11. The number of hydrogen-bond donors (Lipinski definition) is 0. The maximum Gasteiger partial charge on any atom is 0.252 e. The predicted octanol–water partition coefficient (Wildman–Crippen LogP) is 2.15. The first kappa shape index (κ1) is 16.6. The Morgan fingerprint density at radius 2 is 2.17 bits per heavy atom. The highest BCUT2D eigenvalue weighted by molar-refractivity contribution is 5.77. The molecule has 1 aliphatic rings. The summed E-state index contributed by atoms with van der Waals surface area (Å²) in [7, 11) is 0. The first-order chi connectivity index (χ1) is 11.6. The van der Waals surface area contributed by atoms with Crippen LogP contribution in [0.25, 0.3) is 11.4 Å². The van der Waals surface area contributed by atoms with Crippen LogP contribution in [0.1, 0.15) is 26.2 Å². The standard InChI is InChI=1S/C17H22N4O3/c1-12-6-13(2)9-21(8-12)16(22)11-23-10-15-19-17(20-24-15)14-4-3-5-18-7-14/h3-5,7,12-13H,6,8-11H2,1-2H3/t12-,13+. The summed E-state index contributed by atoms with van der Waals surface area (Å²) in [5, 5.41) is 3.89. The van der Waals surface area contributed by atoms with Crippen LogP contribution in [0, 0.1) is 11.8 Å². The van der Waals surface area contributed by atoms with E-state index in [0.29, 0.717) is 23.6 Å². The Morgan fingerprint density at radius 1 is 1.38 bits per heavy atom. The number of piperidine rings is 1. The van der Waals surface area contributed by atoms with Gasteiger partial charge < -0.3 is 14.2 Å². The Morgan fingerprint density at radius 3 is 2.88 bits per heavy atom. The lowest BCUT2D eigenvalue weighted by Crippen LogP contribution is -2.44. The summed E-state index contributed by atoms with van der Waals surface area (Å²) in [6, 6.07) is 3.66. The lowest BCUT2D eigenvalue weighted by Gasteiger charge is -2.34. The van der Waals surface area contributed by atoms with Crippen LogP contribution in [-0.4, -0.2) is 45.6 Å². The van der Waals surface area contributed by atoms with Gasteiger partial charge in [-0.3, -0.25) is 9.78 Å². The molecule has 0 aromatic carbocycles. The van der Waals surface area contributed by atoms with Gasteiger partial charge in [0, 0.05) is 31.0 Å². The third-order valence-electron chi connectivity index (χ3n) is 4.06. The van der Waals surface area contributed by atoms with Crippen molar-refractivity contribution in [3.05, 3.63) is 30.4 Å². The second kappa shape index (κ2) is 7.53. The first-order valence-corrected chi connectivity index (χ1v) is 8.20. The largest absolute Gasteiger partial charge is 0.362 e. The van der Waals surface area contributed by atoms with Gasteiger partial charge in [0.1, 0.15) is 13.2 Å². The second-order valence-electron chi connectivity index (χ2n) is 6.49. The van der Waals surface area contributed by atoms with Crippen LogP contribution in [0.4, 0.5) is 0 Å². The fraction of sp³-hybridized carbons (Fsp3) is 0.529. The van der Waals surface area contributed by atoms with Crippen LogP contribution in [0.3, 0.4) is 0 Å². The molecule has 0 unspecified atom stereocenters. The van der Waals surface area contributed by atoms with Crippen molar-refractivity contribution >= 4 is 5.91 Å². The van der Waals surface area contributed by atoms with Crippen molar-refractivity contribution in [2.45, 2.75) is 26.9 Å². The average Bonchev–Trinajstić information content (AvgIpc) is 3.03. The molecule has 2 aromatic rings. The molecule has 24 heavy (non-hydrogen) atoms. The quantitative estimate of drug-likeness (QED) is 0.835. The molecule has 2 aromatic heterocycles. The molecule has 128 valence electrons. The molecule has 1 fully saturated rings. The maximum absolute atomic E-state index is 12.2. The third kappa shape index (κ3) is 4.17. The third-order valence-corrected chi connectivity index (χ3v) is 4.06. The fourth-order valence-electron chi connectivity index (χ4n) is 3.11. The minimum absolute atomic E-state index is 0.0143. The summed E-state index contributed by atoms with van der Waals surface area (Å²) >= 11 is 0. The smallest absolute Gasteiger partial charge is 0.252 e. The zero-order chi connectivity index (χ0) is 16.9. The lowest BCUT2D eigenvalue weighted by atomic mass is 9.92. The molecule has 0 N–H and O–H groups in total. The highest BCUT2D eigenvalue weighted by atomic mass is 16.5. The molecule has 0 aliphatic carbocycles. The molecule has 7 nitrogen and oxygen atoms in total. The Bertz CT molecular complexity index is 663. The van der Waals surface area contributed by atoms with Crippen LogP contribution in [0.15, 0.2) is 29.0 Å². The van der Waals surface area contributed by atoms with Gasteiger partial charge in [0.15, 0.2) is 0 Å².